The molecule has 0 N–H and O–H groups in total. The molecule has 0 unspecified atom stereocenters. The molecule has 0 saturated carbocycles. The average Bonchev–Trinajstić information content (AvgIpc) is 2.87. The summed E-state index contributed by atoms with van der Waals surface area (Å²) in [5.74, 6) is 0. The van der Waals surface area contributed by atoms with E-state index in [4.69, 9.17) is 5.63 Å². The zero-order valence-electron chi connectivity index (χ0n) is 25.5. The van der Waals surface area contributed by atoms with Crippen molar-refractivity contribution in [2.75, 3.05) is 13.2 Å². The molecule has 0 aromatic rings. The molecule has 0 amide bonds. The molecule has 0 aromatic heterocycles. The Balaban J connectivity index is 5.02. The summed E-state index contributed by atoms with van der Waals surface area (Å²) in [6.45, 7) is 10.3. The van der Waals surface area contributed by atoms with Crippen LogP contribution in [0.2, 0.25) is 8.26 Å². The van der Waals surface area contributed by atoms with Gasteiger partial charge in [-0.15, -0.1) is 0 Å². The van der Waals surface area contributed by atoms with Crippen LogP contribution in [0.5, 0.6) is 0 Å². The predicted octanol–water partition coefficient (Wildman–Crippen LogP) is 12.2. The Hall–Kier alpha value is 0.603. The first kappa shape index (κ1) is 36.6. The van der Waals surface area contributed by atoms with E-state index in [-0.39, 0.29) is 0 Å². The molecule has 4 heteroatoms. The monoisotopic (exact) mass is 590 g/mol. The maximum absolute atomic E-state index is 14.9. The molecular weight excluding hydrogens is 524 g/mol. The van der Waals surface area contributed by atoms with Crippen molar-refractivity contribution >= 4 is 0 Å². The van der Waals surface area contributed by atoms with Gasteiger partial charge in [0.2, 0.25) is 0 Å². The molecule has 0 atom stereocenters. The van der Waals surface area contributed by atoms with Gasteiger partial charge in [-0.25, -0.2) is 0 Å². The van der Waals surface area contributed by atoms with Crippen LogP contribution in [0.1, 0.15) is 182 Å². The molecule has 36 heavy (non-hydrogen) atoms. The normalized spacial score (nSPS) is 12.5. The van der Waals surface area contributed by atoms with Crippen LogP contribution >= 0.6 is 0 Å². The van der Waals surface area contributed by atoms with Gasteiger partial charge < -0.3 is 0 Å². The van der Waals surface area contributed by atoms with Crippen molar-refractivity contribution in [1.82, 2.24) is 0 Å². The van der Waals surface area contributed by atoms with Crippen molar-refractivity contribution in [3.05, 3.63) is 0 Å². The Morgan fingerprint density at radius 3 is 0.917 bits per heavy atom. The zero-order chi connectivity index (χ0) is 26.7. The summed E-state index contributed by atoms with van der Waals surface area (Å²) in [4.78, 5) is 0. The standard InChI is InChI=1S/2C8H17O.2C8H17.O.Zr/c2*1-2-3-4-5-6-7-8-9;2*1-3-5-7-8-6-4-2;;/h2*2-8H2,1H3;2*1,3-8H2,2H3;;/q2*-1;;;;+2. The third-order valence-electron chi connectivity index (χ3n) is 7.87. The van der Waals surface area contributed by atoms with Gasteiger partial charge in [-0.1, -0.05) is 0 Å². The Morgan fingerprint density at radius 2 is 0.611 bits per heavy atom. The SMILES string of the molecule is CCCCCCCC[O][Zr](=[O])([CH2]CCCCCCC)([CH2]CCCCCCC)[O]CCCCCCCC. The van der Waals surface area contributed by atoms with E-state index in [1.54, 1.807) is 0 Å². The summed E-state index contributed by atoms with van der Waals surface area (Å²) < 4.78 is 29.4. The molecule has 0 spiro atoms. The number of rotatable bonds is 30. The number of unbranched alkanes of at least 4 members (excludes halogenated alkanes) is 20. The Morgan fingerprint density at radius 1 is 0.361 bits per heavy atom. The van der Waals surface area contributed by atoms with Crippen LogP contribution in [0.3, 0.4) is 0 Å². The van der Waals surface area contributed by atoms with Gasteiger partial charge >= 0.3 is 231 Å². The zero-order valence-corrected chi connectivity index (χ0v) is 28.0. The van der Waals surface area contributed by atoms with Crippen molar-refractivity contribution in [2.45, 2.75) is 190 Å². The fourth-order valence-corrected chi connectivity index (χ4v) is 15.1. The van der Waals surface area contributed by atoms with Crippen LogP contribution < -0.4 is 0 Å². The molecule has 0 bridgehead atoms. The molecular formula is C32H68O3Zr. The minimum atomic E-state index is -4.92. The fourth-order valence-electron chi connectivity index (χ4n) is 5.31. The summed E-state index contributed by atoms with van der Waals surface area (Å²) in [5, 5.41) is 0. The van der Waals surface area contributed by atoms with Gasteiger partial charge in [-0.2, -0.15) is 0 Å². The Kier molecular flexibility index (Phi) is 26.3. The molecule has 0 rings (SSSR count). The van der Waals surface area contributed by atoms with Crippen LogP contribution in [-0.2, 0) is 28.1 Å². The van der Waals surface area contributed by atoms with E-state index < -0.39 is 19.7 Å². The van der Waals surface area contributed by atoms with E-state index in [0.717, 1.165) is 25.7 Å². The number of hydrogen-bond donors (Lipinski definition) is 0. The van der Waals surface area contributed by atoms with Gasteiger partial charge in [0, 0.05) is 0 Å². The van der Waals surface area contributed by atoms with E-state index in [1.165, 1.54) is 128 Å². The first-order valence-corrected chi connectivity index (χ1v) is 23.2. The van der Waals surface area contributed by atoms with E-state index in [0.29, 0.717) is 21.5 Å². The molecule has 0 aliphatic heterocycles. The summed E-state index contributed by atoms with van der Waals surface area (Å²) in [7, 11) is 0. The van der Waals surface area contributed by atoms with Crippen LogP contribution in [0.4, 0.5) is 0 Å². The summed E-state index contributed by atoms with van der Waals surface area (Å²) in [5.41, 5.74) is 0. The molecule has 218 valence electrons. The fraction of sp³-hybridized carbons (Fsp3) is 1.00. The van der Waals surface area contributed by atoms with Crippen molar-refractivity contribution in [1.29, 1.82) is 0 Å². The van der Waals surface area contributed by atoms with Crippen molar-refractivity contribution in [3.8, 4) is 0 Å². The van der Waals surface area contributed by atoms with Crippen molar-refractivity contribution < 1.29 is 28.1 Å². The van der Waals surface area contributed by atoms with Gasteiger partial charge in [0.05, 0.1) is 0 Å². The van der Waals surface area contributed by atoms with Crippen LogP contribution in [0.25, 0.3) is 0 Å². The van der Waals surface area contributed by atoms with E-state index in [9.17, 15) is 2.81 Å². The Labute approximate surface area is 230 Å². The first-order chi connectivity index (χ1) is 17.5. The topological polar surface area (TPSA) is 35.5 Å². The third kappa shape index (κ3) is 21.5. The molecule has 0 heterocycles. The van der Waals surface area contributed by atoms with E-state index in [2.05, 4.69) is 27.7 Å². The predicted molar refractivity (Wildman–Crippen MR) is 156 cm³/mol. The van der Waals surface area contributed by atoms with Crippen LogP contribution in [0, 0.1) is 0 Å². The van der Waals surface area contributed by atoms with Crippen molar-refractivity contribution in [2.24, 2.45) is 0 Å². The average molecular weight is 592 g/mol. The number of hydrogen-bond acceptors (Lipinski definition) is 3. The summed E-state index contributed by atoms with van der Waals surface area (Å²) >= 11 is -4.92. The first-order valence-electron chi connectivity index (χ1n) is 16.7. The molecule has 0 aliphatic rings. The maximum atomic E-state index is 14.9. The molecule has 3 nitrogen and oxygen atoms in total. The Bertz CT molecular complexity index is 462. The minimum absolute atomic E-state index is 0.642. The van der Waals surface area contributed by atoms with Gasteiger partial charge in [-0.3, -0.25) is 0 Å². The van der Waals surface area contributed by atoms with E-state index >= 15 is 0 Å². The van der Waals surface area contributed by atoms with Crippen LogP contribution in [0.15, 0.2) is 0 Å². The molecule has 0 fully saturated rings. The van der Waals surface area contributed by atoms with Crippen molar-refractivity contribution in [3.63, 3.8) is 0 Å². The van der Waals surface area contributed by atoms with Gasteiger partial charge in [0.25, 0.3) is 0 Å². The molecule has 0 radical (unpaired) electrons. The second-order valence-corrected chi connectivity index (χ2v) is 22.2. The quantitative estimate of drug-likeness (QED) is 0.0779. The van der Waals surface area contributed by atoms with Crippen LogP contribution in [-0.4, -0.2) is 13.2 Å². The summed E-state index contributed by atoms with van der Waals surface area (Å²) in [6, 6.07) is 0. The van der Waals surface area contributed by atoms with E-state index in [1.807, 2.05) is 0 Å². The van der Waals surface area contributed by atoms with Gasteiger partial charge in [0.1, 0.15) is 0 Å². The summed E-state index contributed by atoms with van der Waals surface area (Å²) in [6.07, 6.45) is 29.5. The second kappa shape index (κ2) is 25.9. The van der Waals surface area contributed by atoms with Gasteiger partial charge in [-0.05, 0) is 0 Å². The molecule has 0 saturated heterocycles. The second-order valence-electron chi connectivity index (χ2n) is 11.6. The van der Waals surface area contributed by atoms with Gasteiger partial charge in [0.15, 0.2) is 0 Å². The molecule has 0 aliphatic carbocycles. The molecule has 0 aromatic carbocycles. The third-order valence-corrected chi connectivity index (χ3v) is 18.5.